The lowest BCUT2D eigenvalue weighted by Crippen LogP contribution is -2.32. The number of halogens is 4. The Morgan fingerprint density at radius 3 is 1.41 bits per heavy atom. The van der Waals surface area contributed by atoms with Gasteiger partial charge in [-0.2, -0.15) is 20.5 Å². The van der Waals surface area contributed by atoms with Crippen LogP contribution in [0.2, 0.25) is 20.1 Å². The van der Waals surface area contributed by atoms with Crippen LogP contribution in [0.3, 0.4) is 0 Å². The topological polar surface area (TPSA) is 187 Å². The van der Waals surface area contributed by atoms with Crippen LogP contribution in [0.15, 0.2) is 81.1 Å². The molecule has 0 heterocycles. The quantitative estimate of drug-likeness (QED) is 0.0675. The fourth-order valence-electron chi connectivity index (χ4n) is 4.70. The molecule has 0 bridgehead atoms. The van der Waals surface area contributed by atoms with Crippen molar-refractivity contribution in [3.05, 3.63) is 86.3 Å². The number of nitrogens with zero attached hydrogens (tertiary/aromatic N) is 4. The summed E-state index contributed by atoms with van der Waals surface area (Å²) in [5.74, 6) is -2.14. The van der Waals surface area contributed by atoms with Gasteiger partial charge in [0.05, 0.1) is 52.8 Å². The lowest BCUT2D eigenvalue weighted by molar-refractivity contribution is -0.127. The van der Waals surface area contributed by atoms with E-state index in [1.807, 2.05) is 0 Å². The van der Waals surface area contributed by atoms with E-state index in [1.165, 1.54) is 71.6 Å². The van der Waals surface area contributed by atoms with Gasteiger partial charge in [0.25, 0.3) is 11.8 Å². The molecule has 0 fully saturated rings. The molecule has 4 aromatic carbocycles. The van der Waals surface area contributed by atoms with E-state index < -0.39 is 35.5 Å². The number of hydrogen-bond acceptors (Lipinski definition) is 12. The third-order valence-electron chi connectivity index (χ3n) is 7.49. The maximum Gasteiger partial charge on any atom is 0.258 e. The van der Waals surface area contributed by atoms with Crippen LogP contribution in [0.4, 0.5) is 22.7 Å². The standard InChI is InChI=1S/C36H30Cl4N6O8/c1-17(48)33(35(50)41-28-12-21(16-47)22(37)13-31(28)53-4)45-43-26-8-6-19(10-23(26)38)20-7-9-27(24(39)11-20)44-46-34(18(2)49)36(51)42-29-15-30(52-3)25(40)14-32(29)54-5/h6-16,33-34H,1-5H3,(H,41,50)(H,42,51). The SMILES string of the molecule is COc1cc(NC(=O)C(N=Nc2ccc(-c3ccc(N=NC(C(C)=O)C(=O)Nc4cc(C=O)c(Cl)cc4OC)c(Cl)c3)cc2Cl)C(C)=O)c(OC)cc1Cl. The second kappa shape index (κ2) is 18.6. The number of ether oxygens (including phenoxy) is 3. The zero-order valence-electron chi connectivity index (χ0n) is 29.1. The number of azo groups is 2. The van der Waals surface area contributed by atoms with E-state index in [1.54, 1.807) is 24.3 Å². The summed E-state index contributed by atoms with van der Waals surface area (Å²) >= 11 is 25.2. The molecule has 0 aromatic heterocycles. The number of rotatable bonds is 15. The summed E-state index contributed by atoms with van der Waals surface area (Å²) < 4.78 is 15.7. The molecule has 4 aromatic rings. The van der Waals surface area contributed by atoms with Gasteiger partial charge in [-0.15, -0.1) is 0 Å². The van der Waals surface area contributed by atoms with Gasteiger partial charge >= 0.3 is 0 Å². The van der Waals surface area contributed by atoms with Gasteiger partial charge in [-0.3, -0.25) is 24.0 Å². The maximum absolute atomic E-state index is 13.1. The lowest BCUT2D eigenvalue weighted by atomic mass is 10.0. The summed E-state index contributed by atoms with van der Waals surface area (Å²) in [4.78, 5) is 62.2. The van der Waals surface area contributed by atoms with Crippen LogP contribution < -0.4 is 24.8 Å². The van der Waals surface area contributed by atoms with Gasteiger partial charge in [0, 0.05) is 23.8 Å². The highest BCUT2D eigenvalue weighted by Gasteiger charge is 2.26. The minimum Gasteiger partial charge on any atom is -0.495 e. The minimum atomic E-state index is -1.56. The Labute approximate surface area is 328 Å². The van der Waals surface area contributed by atoms with Crippen LogP contribution in [-0.2, 0) is 19.2 Å². The predicted octanol–water partition coefficient (Wildman–Crippen LogP) is 9.17. The molecule has 0 radical (unpaired) electrons. The van der Waals surface area contributed by atoms with Gasteiger partial charge in [0.15, 0.2) is 17.9 Å². The Morgan fingerprint density at radius 2 is 1.02 bits per heavy atom. The number of Topliss-reactive ketones (excluding diaryl/α,β-unsaturated/α-hetero) is 2. The number of carbonyl (C=O) groups is 5. The average molecular weight is 816 g/mol. The Balaban J connectivity index is 1.50. The molecule has 0 aliphatic carbocycles. The molecule has 2 amide bonds. The summed E-state index contributed by atoms with van der Waals surface area (Å²) in [6.07, 6.45) is 0.508. The number of aldehydes is 1. The van der Waals surface area contributed by atoms with E-state index in [9.17, 15) is 24.0 Å². The monoisotopic (exact) mass is 814 g/mol. The summed E-state index contributed by atoms with van der Waals surface area (Å²) in [7, 11) is 4.14. The predicted molar refractivity (Wildman–Crippen MR) is 205 cm³/mol. The van der Waals surface area contributed by atoms with Crippen molar-refractivity contribution in [2.45, 2.75) is 25.9 Å². The molecule has 280 valence electrons. The largest absolute Gasteiger partial charge is 0.495 e. The van der Waals surface area contributed by atoms with Gasteiger partial charge < -0.3 is 24.8 Å². The van der Waals surface area contributed by atoms with E-state index in [2.05, 4.69) is 31.1 Å². The molecule has 0 saturated heterocycles. The first-order chi connectivity index (χ1) is 25.7. The van der Waals surface area contributed by atoms with Gasteiger partial charge in [-0.05, 0) is 55.3 Å². The van der Waals surface area contributed by atoms with Crippen LogP contribution >= 0.6 is 46.4 Å². The first-order valence-electron chi connectivity index (χ1n) is 15.5. The van der Waals surface area contributed by atoms with Crippen molar-refractivity contribution in [2.75, 3.05) is 32.0 Å². The molecule has 2 unspecified atom stereocenters. The third-order valence-corrected chi connectivity index (χ3v) is 8.72. The fourth-order valence-corrected chi connectivity index (χ4v) is 5.57. The first kappa shape index (κ1) is 41.3. The van der Waals surface area contributed by atoms with Crippen molar-refractivity contribution < 1.29 is 38.2 Å². The summed E-state index contributed by atoms with van der Waals surface area (Å²) in [6, 6.07) is 12.0. The molecule has 0 aliphatic heterocycles. The molecule has 2 N–H and O–H groups in total. The summed E-state index contributed by atoms with van der Waals surface area (Å²) in [6.45, 7) is 2.36. The minimum absolute atomic E-state index is 0.0985. The number of carbonyl (C=O) groups excluding carboxylic acids is 5. The van der Waals surface area contributed by atoms with Crippen molar-refractivity contribution in [1.82, 2.24) is 0 Å². The summed E-state index contributed by atoms with van der Waals surface area (Å²) in [5, 5.41) is 21.7. The van der Waals surface area contributed by atoms with E-state index in [0.29, 0.717) is 17.4 Å². The Hall–Kier alpha value is -5.41. The number of anilines is 2. The van der Waals surface area contributed by atoms with Gasteiger partial charge in [0.2, 0.25) is 12.1 Å². The highest BCUT2D eigenvalue weighted by molar-refractivity contribution is 6.34. The number of benzene rings is 4. The van der Waals surface area contributed by atoms with Gasteiger partial charge in [-0.1, -0.05) is 58.5 Å². The van der Waals surface area contributed by atoms with E-state index in [0.717, 1.165) is 0 Å². The van der Waals surface area contributed by atoms with E-state index in [4.69, 9.17) is 60.6 Å². The number of amides is 2. The molecule has 4 rings (SSSR count). The molecule has 0 saturated carbocycles. The third kappa shape index (κ3) is 9.96. The summed E-state index contributed by atoms with van der Waals surface area (Å²) in [5.41, 5.74) is 1.96. The second-order valence-corrected chi connectivity index (χ2v) is 12.8. The molecule has 2 atom stereocenters. The average Bonchev–Trinajstić information content (AvgIpc) is 3.13. The zero-order chi connectivity index (χ0) is 39.7. The van der Waals surface area contributed by atoms with Crippen molar-refractivity contribution in [3.63, 3.8) is 0 Å². The highest BCUT2D eigenvalue weighted by Crippen LogP contribution is 2.37. The molecular formula is C36H30Cl4N6O8. The van der Waals surface area contributed by atoms with Crippen LogP contribution in [0.25, 0.3) is 11.1 Å². The van der Waals surface area contributed by atoms with Gasteiger partial charge in [0.1, 0.15) is 28.6 Å². The fraction of sp³-hybridized carbons (Fsp3) is 0.194. The van der Waals surface area contributed by atoms with Crippen molar-refractivity contribution >= 4 is 98.8 Å². The maximum atomic E-state index is 13.1. The molecule has 18 heteroatoms. The van der Waals surface area contributed by atoms with Gasteiger partial charge in [-0.25, -0.2) is 0 Å². The van der Waals surface area contributed by atoms with Crippen molar-refractivity contribution in [3.8, 4) is 28.4 Å². The Kier molecular flexibility index (Phi) is 14.2. The molecular weight excluding hydrogens is 786 g/mol. The second-order valence-electron chi connectivity index (χ2n) is 11.1. The first-order valence-corrected chi connectivity index (χ1v) is 17.0. The molecule has 0 spiro atoms. The van der Waals surface area contributed by atoms with E-state index >= 15 is 0 Å². The lowest BCUT2D eigenvalue weighted by Gasteiger charge is -2.14. The Morgan fingerprint density at radius 1 is 0.593 bits per heavy atom. The van der Waals surface area contributed by atoms with Crippen LogP contribution in [-0.4, -0.2) is 63.1 Å². The molecule has 54 heavy (non-hydrogen) atoms. The molecule has 14 nitrogen and oxygen atoms in total. The normalized spacial score (nSPS) is 12.2. The van der Waals surface area contributed by atoms with Crippen LogP contribution in [0, 0.1) is 0 Å². The van der Waals surface area contributed by atoms with Crippen molar-refractivity contribution in [2.24, 2.45) is 20.5 Å². The smallest absolute Gasteiger partial charge is 0.258 e. The zero-order valence-corrected chi connectivity index (χ0v) is 32.1. The van der Waals surface area contributed by atoms with Crippen molar-refractivity contribution in [1.29, 1.82) is 0 Å². The number of ketones is 2. The van der Waals surface area contributed by atoms with Crippen LogP contribution in [0.1, 0.15) is 24.2 Å². The number of methoxy groups -OCH3 is 3. The number of hydrogen-bond donors (Lipinski definition) is 2. The highest BCUT2D eigenvalue weighted by atomic mass is 35.5. The van der Waals surface area contributed by atoms with Crippen LogP contribution in [0.5, 0.6) is 17.2 Å². The molecule has 0 aliphatic rings. The van der Waals surface area contributed by atoms with E-state index in [-0.39, 0.29) is 65.7 Å². The Bertz CT molecular complexity index is 2200. The number of nitrogens with one attached hydrogen (secondary N) is 2.